The largest absolute Gasteiger partial charge is 0.390 e. The van der Waals surface area contributed by atoms with Crippen LogP contribution in [0.1, 0.15) is 63.2 Å². The topological polar surface area (TPSA) is 86.9 Å². The number of nitrogens with two attached hydrogens (primary N) is 1. The molecule has 0 radical (unpaired) electrons. The van der Waals surface area contributed by atoms with Crippen LogP contribution in [0.5, 0.6) is 0 Å². The summed E-state index contributed by atoms with van der Waals surface area (Å²) < 4.78 is 27.4. The molecule has 3 rings (SSSR count). The van der Waals surface area contributed by atoms with Gasteiger partial charge in [-0.15, -0.1) is 0 Å². The van der Waals surface area contributed by atoms with Crippen LogP contribution >= 0.6 is 0 Å². The SMILES string of the molecule is CCCN(C)C(=O)c1cc(C)cc(C(=O)N(Cc2cccc(CC)c2)C[C@@H](O)[C@@H](N)Cc2cc(F)cc(F)c2)c1. The van der Waals surface area contributed by atoms with Gasteiger partial charge in [0.1, 0.15) is 11.6 Å². The Balaban J connectivity index is 1.90. The number of rotatable bonds is 12. The van der Waals surface area contributed by atoms with E-state index >= 15 is 0 Å². The minimum absolute atomic E-state index is 0.0239. The van der Waals surface area contributed by atoms with Gasteiger partial charge in [-0.3, -0.25) is 9.59 Å². The van der Waals surface area contributed by atoms with Crippen molar-refractivity contribution in [3.8, 4) is 0 Å². The van der Waals surface area contributed by atoms with Crippen molar-refractivity contribution in [2.75, 3.05) is 20.1 Å². The Morgan fingerprint density at radius 3 is 2.15 bits per heavy atom. The van der Waals surface area contributed by atoms with Gasteiger partial charge in [0.25, 0.3) is 11.8 Å². The van der Waals surface area contributed by atoms with E-state index in [0.29, 0.717) is 23.2 Å². The summed E-state index contributed by atoms with van der Waals surface area (Å²) in [6, 6.07) is 15.1. The molecule has 8 heteroatoms. The molecule has 0 aliphatic carbocycles. The van der Waals surface area contributed by atoms with Gasteiger partial charge in [0.15, 0.2) is 0 Å². The molecule has 0 saturated heterocycles. The Labute approximate surface area is 235 Å². The molecule has 0 fully saturated rings. The predicted molar refractivity (Wildman–Crippen MR) is 153 cm³/mol. The lowest BCUT2D eigenvalue weighted by molar-refractivity contribution is 0.0554. The zero-order chi connectivity index (χ0) is 29.4. The van der Waals surface area contributed by atoms with E-state index in [1.807, 2.05) is 45.0 Å². The first kappa shape index (κ1) is 30.9. The van der Waals surface area contributed by atoms with Gasteiger partial charge in [-0.2, -0.15) is 0 Å². The van der Waals surface area contributed by atoms with Crippen molar-refractivity contribution in [3.05, 3.63) is 106 Å². The summed E-state index contributed by atoms with van der Waals surface area (Å²) in [7, 11) is 1.73. The van der Waals surface area contributed by atoms with Crippen molar-refractivity contribution in [2.45, 2.75) is 58.7 Å². The number of nitrogens with zero attached hydrogens (tertiary/aromatic N) is 2. The molecule has 2 atom stereocenters. The highest BCUT2D eigenvalue weighted by molar-refractivity contribution is 6.00. The van der Waals surface area contributed by atoms with E-state index < -0.39 is 23.8 Å². The Morgan fingerprint density at radius 2 is 1.52 bits per heavy atom. The maximum atomic E-state index is 13.9. The molecule has 0 heterocycles. The third-order valence-corrected chi connectivity index (χ3v) is 6.83. The van der Waals surface area contributed by atoms with Crippen molar-refractivity contribution in [2.24, 2.45) is 5.73 Å². The molecule has 0 aromatic heterocycles. The third kappa shape index (κ3) is 8.44. The van der Waals surface area contributed by atoms with Crippen molar-refractivity contribution in [1.82, 2.24) is 9.80 Å². The number of carbonyl (C=O) groups is 2. The fourth-order valence-corrected chi connectivity index (χ4v) is 4.76. The van der Waals surface area contributed by atoms with Gasteiger partial charge >= 0.3 is 0 Å². The maximum Gasteiger partial charge on any atom is 0.254 e. The van der Waals surface area contributed by atoms with Gasteiger partial charge in [0.05, 0.1) is 6.10 Å². The second-order valence-corrected chi connectivity index (χ2v) is 10.4. The molecular weight excluding hydrogens is 512 g/mol. The molecule has 40 heavy (non-hydrogen) atoms. The van der Waals surface area contributed by atoms with Gasteiger partial charge in [-0.05, 0) is 78.8 Å². The average Bonchev–Trinajstić information content (AvgIpc) is 2.91. The number of aryl methyl sites for hydroxylation is 2. The smallest absolute Gasteiger partial charge is 0.254 e. The molecular formula is C32H39F2N3O3. The average molecular weight is 552 g/mol. The van der Waals surface area contributed by atoms with E-state index in [0.717, 1.165) is 35.6 Å². The third-order valence-electron chi connectivity index (χ3n) is 6.83. The molecule has 3 N–H and O–H groups in total. The highest BCUT2D eigenvalue weighted by Gasteiger charge is 2.25. The van der Waals surface area contributed by atoms with Crippen LogP contribution in [-0.2, 0) is 19.4 Å². The van der Waals surface area contributed by atoms with Crippen molar-refractivity contribution < 1.29 is 23.5 Å². The van der Waals surface area contributed by atoms with Gasteiger partial charge in [-0.1, -0.05) is 38.1 Å². The Bertz CT molecular complexity index is 1310. The summed E-state index contributed by atoms with van der Waals surface area (Å²) in [5, 5.41) is 11.0. The normalized spacial score (nSPS) is 12.6. The quantitative estimate of drug-likeness (QED) is 0.336. The number of aliphatic hydroxyl groups is 1. The zero-order valence-corrected chi connectivity index (χ0v) is 23.7. The predicted octanol–water partition coefficient (Wildman–Crippen LogP) is 4.89. The van der Waals surface area contributed by atoms with Gasteiger partial charge < -0.3 is 20.6 Å². The molecule has 0 spiro atoms. The van der Waals surface area contributed by atoms with E-state index in [1.54, 1.807) is 30.1 Å². The molecule has 0 bridgehead atoms. The molecule has 0 aliphatic rings. The summed E-state index contributed by atoms with van der Waals surface area (Å²) in [6.07, 6.45) is 0.487. The monoisotopic (exact) mass is 551 g/mol. The second-order valence-electron chi connectivity index (χ2n) is 10.4. The van der Waals surface area contributed by atoms with Crippen LogP contribution in [0.15, 0.2) is 60.7 Å². The van der Waals surface area contributed by atoms with Crippen molar-refractivity contribution in [3.63, 3.8) is 0 Å². The van der Waals surface area contributed by atoms with Gasteiger partial charge in [0, 0.05) is 49.9 Å². The summed E-state index contributed by atoms with van der Waals surface area (Å²) >= 11 is 0. The fraction of sp³-hybridized carbons (Fsp3) is 0.375. The number of hydrogen-bond acceptors (Lipinski definition) is 4. The lowest BCUT2D eigenvalue weighted by Crippen LogP contribution is -2.46. The van der Waals surface area contributed by atoms with E-state index in [1.165, 1.54) is 17.0 Å². The van der Waals surface area contributed by atoms with Crippen LogP contribution < -0.4 is 5.73 Å². The fourth-order valence-electron chi connectivity index (χ4n) is 4.76. The standard InChI is InChI=1S/C32H39F2N3O3/c1-5-10-36(4)31(39)25-11-21(3)12-26(17-25)32(40)37(19-23-9-7-8-22(6-2)13-23)20-30(38)29(35)16-24-14-27(33)18-28(34)15-24/h7-9,11-15,17-18,29-30,38H,5-6,10,16,19-20,35H2,1-4H3/t29-,30+/m0/s1. The summed E-state index contributed by atoms with van der Waals surface area (Å²) in [4.78, 5) is 30.0. The molecule has 3 aromatic rings. The summed E-state index contributed by atoms with van der Waals surface area (Å²) in [5.74, 6) is -1.98. The molecule has 0 saturated carbocycles. The molecule has 214 valence electrons. The first-order chi connectivity index (χ1) is 19.0. The van der Waals surface area contributed by atoms with Crippen LogP contribution in [0.4, 0.5) is 8.78 Å². The molecule has 0 unspecified atom stereocenters. The minimum Gasteiger partial charge on any atom is -0.390 e. The lowest BCUT2D eigenvalue weighted by atomic mass is 10.00. The molecule has 3 aromatic carbocycles. The first-order valence-corrected chi connectivity index (χ1v) is 13.6. The minimum atomic E-state index is -1.17. The molecule has 0 aliphatic heterocycles. The van der Waals surface area contributed by atoms with Crippen LogP contribution in [0.3, 0.4) is 0 Å². The van der Waals surface area contributed by atoms with Crippen molar-refractivity contribution >= 4 is 11.8 Å². The first-order valence-electron chi connectivity index (χ1n) is 13.6. The number of hydrogen-bond donors (Lipinski definition) is 2. The van der Waals surface area contributed by atoms with Crippen LogP contribution in [0.2, 0.25) is 0 Å². The molecule has 6 nitrogen and oxygen atoms in total. The van der Waals surface area contributed by atoms with E-state index in [9.17, 15) is 23.5 Å². The summed E-state index contributed by atoms with van der Waals surface area (Å²) in [6.45, 7) is 6.54. The van der Waals surface area contributed by atoms with E-state index in [2.05, 4.69) is 0 Å². The van der Waals surface area contributed by atoms with E-state index in [-0.39, 0.29) is 31.3 Å². The van der Waals surface area contributed by atoms with Crippen LogP contribution in [0.25, 0.3) is 0 Å². The number of amides is 2. The number of aliphatic hydroxyl groups excluding tert-OH is 1. The molecule has 2 amide bonds. The van der Waals surface area contributed by atoms with Crippen LogP contribution in [0, 0.1) is 18.6 Å². The lowest BCUT2D eigenvalue weighted by Gasteiger charge is -2.29. The number of benzene rings is 3. The number of carbonyl (C=O) groups excluding carboxylic acids is 2. The van der Waals surface area contributed by atoms with Crippen LogP contribution in [-0.4, -0.2) is 59.0 Å². The highest BCUT2D eigenvalue weighted by atomic mass is 19.1. The van der Waals surface area contributed by atoms with Gasteiger partial charge in [-0.25, -0.2) is 8.78 Å². The highest BCUT2D eigenvalue weighted by Crippen LogP contribution is 2.18. The zero-order valence-electron chi connectivity index (χ0n) is 23.7. The maximum absolute atomic E-state index is 13.9. The van der Waals surface area contributed by atoms with Crippen molar-refractivity contribution in [1.29, 1.82) is 0 Å². The van der Waals surface area contributed by atoms with Gasteiger partial charge in [0.2, 0.25) is 0 Å². The summed E-state index contributed by atoms with van der Waals surface area (Å²) in [5.41, 5.74) is 10.1. The Morgan fingerprint density at radius 1 is 0.900 bits per heavy atom. The Kier molecular flexibility index (Phi) is 10.9. The second kappa shape index (κ2) is 14.1. The Hall–Kier alpha value is -3.62. The number of halogens is 2. The van der Waals surface area contributed by atoms with E-state index in [4.69, 9.17) is 5.73 Å².